The third kappa shape index (κ3) is 1.36. The summed E-state index contributed by atoms with van der Waals surface area (Å²) in [5.74, 6) is 0.821. The van der Waals surface area contributed by atoms with Gasteiger partial charge in [0, 0.05) is 5.41 Å². The van der Waals surface area contributed by atoms with Crippen LogP contribution in [0.1, 0.15) is 32.6 Å². The van der Waals surface area contributed by atoms with Gasteiger partial charge in [-0.3, -0.25) is 0 Å². The van der Waals surface area contributed by atoms with Gasteiger partial charge in [-0.25, -0.2) is 0 Å². The molecular weight excluding hydrogens is 152 g/mol. The number of aliphatic hydroxyl groups excluding tert-OH is 1. The van der Waals surface area contributed by atoms with E-state index in [9.17, 15) is 5.11 Å². The van der Waals surface area contributed by atoms with E-state index in [4.69, 9.17) is 4.74 Å². The molecule has 1 atom stereocenters. The summed E-state index contributed by atoms with van der Waals surface area (Å²) in [6.45, 7) is 2.90. The number of ether oxygens (including phenoxy) is 1. The van der Waals surface area contributed by atoms with Crippen LogP contribution in [0, 0.1) is 5.41 Å². The fourth-order valence-corrected chi connectivity index (χ4v) is 1.58. The van der Waals surface area contributed by atoms with Gasteiger partial charge in [-0.2, -0.15) is 0 Å². The van der Waals surface area contributed by atoms with Crippen molar-refractivity contribution in [3.05, 3.63) is 11.8 Å². The normalized spacial score (nSPS) is 28.7. The molecule has 0 aromatic carbocycles. The third-order valence-corrected chi connectivity index (χ3v) is 2.93. The maximum absolute atomic E-state index is 9.88. The molecule has 2 aliphatic rings. The largest absolute Gasteiger partial charge is 0.495 e. The van der Waals surface area contributed by atoms with Crippen molar-refractivity contribution in [1.82, 2.24) is 0 Å². The van der Waals surface area contributed by atoms with Gasteiger partial charge in [-0.15, -0.1) is 0 Å². The zero-order valence-electron chi connectivity index (χ0n) is 7.55. The molecular formula is C10H16O2. The van der Waals surface area contributed by atoms with Crippen LogP contribution < -0.4 is 0 Å². The van der Waals surface area contributed by atoms with Crippen molar-refractivity contribution >= 4 is 0 Å². The highest BCUT2D eigenvalue weighted by Gasteiger charge is 2.46. The van der Waals surface area contributed by atoms with Crippen molar-refractivity contribution < 1.29 is 9.84 Å². The van der Waals surface area contributed by atoms with E-state index < -0.39 is 0 Å². The molecule has 2 nitrogen and oxygen atoms in total. The molecule has 0 amide bonds. The van der Waals surface area contributed by atoms with Crippen LogP contribution in [0.3, 0.4) is 0 Å². The minimum atomic E-state index is -0.349. The average molecular weight is 168 g/mol. The minimum Gasteiger partial charge on any atom is -0.495 e. The Morgan fingerprint density at radius 1 is 1.58 bits per heavy atom. The molecule has 1 N–H and O–H groups in total. The van der Waals surface area contributed by atoms with Gasteiger partial charge < -0.3 is 9.84 Å². The highest BCUT2D eigenvalue weighted by atomic mass is 16.5. The van der Waals surface area contributed by atoms with Gasteiger partial charge in [0.25, 0.3) is 0 Å². The monoisotopic (exact) mass is 168 g/mol. The number of aliphatic hydroxyl groups is 1. The van der Waals surface area contributed by atoms with E-state index in [0.717, 1.165) is 38.0 Å². The van der Waals surface area contributed by atoms with E-state index >= 15 is 0 Å². The summed E-state index contributed by atoms with van der Waals surface area (Å²) < 4.78 is 5.42. The lowest BCUT2D eigenvalue weighted by atomic mass is 9.99. The molecule has 0 aromatic rings. The van der Waals surface area contributed by atoms with Crippen LogP contribution in [-0.2, 0) is 4.74 Å². The summed E-state index contributed by atoms with van der Waals surface area (Å²) in [4.78, 5) is 0. The van der Waals surface area contributed by atoms with Crippen molar-refractivity contribution in [2.75, 3.05) is 6.61 Å². The van der Waals surface area contributed by atoms with Crippen LogP contribution in [0.25, 0.3) is 0 Å². The average Bonchev–Trinajstić information content (AvgIpc) is 2.85. The lowest BCUT2D eigenvalue weighted by Crippen LogP contribution is -2.24. The molecule has 2 rings (SSSR count). The van der Waals surface area contributed by atoms with Crippen LogP contribution in [0.15, 0.2) is 11.8 Å². The van der Waals surface area contributed by atoms with Crippen LogP contribution in [-0.4, -0.2) is 17.8 Å². The Kier molecular flexibility index (Phi) is 1.87. The fraction of sp³-hybridized carbons (Fsp3) is 0.800. The Hall–Kier alpha value is -0.500. The van der Waals surface area contributed by atoms with E-state index in [1.165, 1.54) is 0 Å². The van der Waals surface area contributed by atoms with Gasteiger partial charge in [0.2, 0.25) is 0 Å². The molecule has 0 spiro atoms. The summed E-state index contributed by atoms with van der Waals surface area (Å²) >= 11 is 0. The Balaban J connectivity index is 2.02. The standard InChI is InChI=1S/C10H16O2/c1-10(5-6-10)9(11)8-4-2-3-7-12-8/h4,9,11H,2-3,5-7H2,1H3. The van der Waals surface area contributed by atoms with E-state index in [0.29, 0.717) is 0 Å². The first-order chi connectivity index (χ1) is 5.72. The van der Waals surface area contributed by atoms with Crippen molar-refractivity contribution in [3.8, 4) is 0 Å². The van der Waals surface area contributed by atoms with Crippen LogP contribution in [0.2, 0.25) is 0 Å². The molecule has 1 fully saturated rings. The molecule has 1 heterocycles. The Morgan fingerprint density at radius 2 is 2.33 bits per heavy atom. The number of rotatable bonds is 2. The van der Waals surface area contributed by atoms with Crippen LogP contribution >= 0.6 is 0 Å². The smallest absolute Gasteiger partial charge is 0.121 e. The van der Waals surface area contributed by atoms with E-state index in [2.05, 4.69) is 6.92 Å². The first kappa shape index (κ1) is 8.11. The summed E-state index contributed by atoms with van der Waals surface area (Å²) in [5, 5.41) is 9.88. The first-order valence-corrected chi connectivity index (χ1v) is 4.73. The van der Waals surface area contributed by atoms with Crippen LogP contribution in [0.5, 0.6) is 0 Å². The molecule has 1 saturated carbocycles. The summed E-state index contributed by atoms with van der Waals surface area (Å²) in [7, 11) is 0. The van der Waals surface area contributed by atoms with Crippen molar-refractivity contribution in [2.24, 2.45) is 5.41 Å². The molecule has 0 bridgehead atoms. The molecule has 0 saturated heterocycles. The van der Waals surface area contributed by atoms with Gasteiger partial charge in [0.15, 0.2) is 0 Å². The quantitative estimate of drug-likeness (QED) is 0.681. The number of hydrogen-bond acceptors (Lipinski definition) is 2. The molecule has 2 heteroatoms. The van der Waals surface area contributed by atoms with Crippen molar-refractivity contribution in [1.29, 1.82) is 0 Å². The van der Waals surface area contributed by atoms with Gasteiger partial charge in [0.05, 0.1) is 6.61 Å². The second-order valence-electron chi connectivity index (χ2n) is 4.15. The van der Waals surface area contributed by atoms with Crippen molar-refractivity contribution in [2.45, 2.75) is 38.7 Å². The Bertz CT molecular complexity index is 204. The summed E-state index contributed by atoms with van der Waals surface area (Å²) in [5.41, 5.74) is 0.128. The van der Waals surface area contributed by atoms with Crippen molar-refractivity contribution in [3.63, 3.8) is 0 Å². The van der Waals surface area contributed by atoms with E-state index in [-0.39, 0.29) is 11.5 Å². The zero-order chi connectivity index (χ0) is 8.60. The minimum absolute atomic E-state index is 0.128. The van der Waals surface area contributed by atoms with E-state index in [1.807, 2.05) is 6.08 Å². The van der Waals surface area contributed by atoms with Gasteiger partial charge in [-0.1, -0.05) is 6.92 Å². The predicted molar refractivity (Wildman–Crippen MR) is 46.6 cm³/mol. The SMILES string of the molecule is CC1(C(O)C2=CCCCO2)CC1. The predicted octanol–water partition coefficient (Wildman–Crippen LogP) is 1.84. The van der Waals surface area contributed by atoms with Gasteiger partial charge in [0.1, 0.15) is 11.9 Å². The van der Waals surface area contributed by atoms with Gasteiger partial charge >= 0.3 is 0 Å². The molecule has 68 valence electrons. The molecule has 0 aromatic heterocycles. The van der Waals surface area contributed by atoms with Crippen LogP contribution in [0.4, 0.5) is 0 Å². The second kappa shape index (κ2) is 2.77. The third-order valence-electron chi connectivity index (χ3n) is 2.93. The molecule has 1 aliphatic heterocycles. The highest BCUT2D eigenvalue weighted by molar-refractivity contribution is 5.12. The molecule has 12 heavy (non-hydrogen) atoms. The molecule has 1 unspecified atom stereocenters. The first-order valence-electron chi connectivity index (χ1n) is 4.73. The van der Waals surface area contributed by atoms with Gasteiger partial charge in [-0.05, 0) is 31.8 Å². The Labute approximate surface area is 73.2 Å². The summed E-state index contributed by atoms with van der Waals surface area (Å²) in [6, 6.07) is 0. The molecule has 0 radical (unpaired) electrons. The fourth-order valence-electron chi connectivity index (χ4n) is 1.58. The number of hydrogen-bond donors (Lipinski definition) is 1. The maximum atomic E-state index is 9.88. The zero-order valence-corrected chi connectivity index (χ0v) is 7.55. The topological polar surface area (TPSA) is 29.5 Å². The van der Waals surface area contributed by atoms with E-state index in [1.54, 1.807) is 0 Å². The lowest BCUT2D eigenvalue weighted by molar-refractivity contribution is 0.0515. The molecule has 1 aliphatic carbocycles. The Morgan fingerprint density at radius 3 is 2.83 bits per heavy atom. The number of allylic oxidation sites excluding steroid dienone is 1. The maximum Gasteiger partial charge on any atom is 0.121 e. The second-order valence-corrected chi connectivity index (χ2v) is 4.15. The highest BCUT2D eigenvalue weighted by Crippen LogP contribution is 2.50. The summed E-state index contributed by atoms with van der Waals surface area (Å²) in [6.07, 6.45) is 6.11. The lowest BCUT2D eigenvalue weighted by Gasteiger charge is -2.23.